The van der Waals surface area contributed by atoms with Crippen molar-refractivity contribution in [1.29, 1.82) is 0 Å². The van der Waals surface area contributed by atoms with Crippen LogP contribution in [-0.4, -0.2) is 12.1 Å². The van der Waals surface area contributed by atoms with Gasteiger partial charge in [0.05, 0.1) is 0 Å². The molecule has 74 valence electrons. The summed E-state index contributed by atoms with van der Waals surface area (Å²) in [7, 11) is 0. The molecule has 2 N–H and O–H groups in total. The van der Waals surface area contributed by atoms with Crippen molar-refractivity contribution in [1.82, 2.24) is 0 Å². The van der Waals surface area contributed by atoms with E-state index in [0.717, 1.165) is 0 Å². The summed E-state index contributed by atoms with van der Waals surface area (Å²) in [4.78, 5) is 20.7. The van der Waals surface area contributed by atoms with E-state index in [4.69, 9.17) is 5.73 Å². The van der Waals surface area contributed by atoms with Crippen LogP contribution in [0, 0.1) is 5.82 Å². The molecule has 0 amide bonds. The van der Waals surface area contributed by atoms with E-state index in [2.05, 4.69) is 0 Å². The van der Waals surface area contributed by atoms with Gasteiger partial charge in [0.1, 0.15) is 5.82 Å². The molecule has 1 rings (SSSR count). The number of benzene rings is 1. The Kier molecular flexibility index (Phi) is 3.34. The Bertz CT molecular complexity index is 363. The first-order valence-electron chi connectivity index (χ1n) is 4.15. The van der Waals surface area contributed by atoms with Crippen LogP contribution >= 0.6 is 0 Å². The van der Waals surface area contributed by atoms with Gasteiger partial charge in [0, 0.05) is 12.1 Å². The average molecular weight is 195 g/mol. The molecular weight excluding hydrogens is 185 g/mol. The fourth-order valence-corrected chi connectivity index (χ4v) is 1.08. The molecule has 1 aromatic rings. The first kappa shape index (κ1) is 10.4. The smallest absolute Gasteiger partial charge is 0.195 e. The average Bonchev–Trinajstić information content (AvgIpc) is 2.16. The maximum Gasteiger partial charge on any atom is 0.195 e. The number of carbonyl (C=O) groups is 2. The second-order valence-electron chi connectivity index (χ2n) is 2.94. The molecule has 0 radical (unpaired) electrons. The highest BCUT2D eigenvalue weighted by atomic mass is 19.1. The van der Waals surface area contributed by atoms with Crippen LogP contribution in [0.3, 0.4) is 0 Å². The first-order valence-corrected chi connectivity index (χ1v) is 4.15. The number of anilines is 1. The van der Waals surface area contributed by atoms with Crippen molar-refractivity contribution in [3.05, 3.63) is 29.6 Å². The second-order valence-corrected chi connectivity index (χ2v) is 2.94. The van der Waals surface area contributed by atoms with Gasteiger partial charge in [0.15, 0.2) is 12.1 Å². The summed E-state index contributed by atoms with van der Waals surface area (Å²) in [5.74, 6) is -0.968. The van der Waals surface area contributed by atoms with Crippen LogP contribution < -0.4 is 5.73 Å². The van der Waals surface area contributed by atoms with Gasteiger partial charge in [-0.3, -0.25) is 9.59 Å². The van der Waals surface area contributed by atoms with E-state index in [1.165, 1.54) is 12.1 Å². The van der Waals surface area contributed by atoms with Crippen molar-refractivity contribution in [2.45, 2.75) is 12.8 Å². The maximum absolute atomic E-state index is 13.1. The number of halogens is 1. The fourth-order valence-electron chi connectivity index (χ4n) is 1.08. The van der Waals surface area contributed by atoms with Gasteiger partial charge in [-0.15, -0.1) is 0 Å². The van der Waals surface area contributed by atoms with Gasteiger partial charge in [-0.05, 0) is 24.1 Å². The minimum Gasteiger partial charge on any atom is -0.399 e. The predicted molar refractivity (Wildman–Crippen MR) is 50.2 cm³/mol. The zero-order valence-electron chi connectivity index (χ0n) is 7.50. The molecule has 4 heteroatoms. The molecule has 1 aromatic carbocycles. The number of aldehydes is 1. The van der Waals surface area contributed by atoms with Crippen molar-refractivity contribution < 1.29 is 14.0 Å². The summed E-state index contributed by atoms with van der Waals surface area (Å²) in [5, 5.41) is 0. The van der Waals surface area contributed by atoms with E-state index in [0.29, 0.717) is 11.3 Å². The minimum absolute atomic E-state index is 0.0321. The van der Waals surface area contributed by atoms with Crippen LogP contribution in [0.5, 0.6) is 0 Å². The molecule has 0 fully saturated rings. The Balaban J connectivity index is 2.68. The summed E-state index contributed by atoms with van der Waals surface area (Å²) in [5.41, 5.74) is 6.08. The van der Waals surface area contributed by atoms with Gasteiger partial charge < -0.3 is 5.73 Å². The Morgan fingerprint density at radius 2 is 2.21 bits per heavy atom. The number of carbonyl (C=O) groups excluding carboxylic acids is 2. The Hall–Kier alpha value is -1.71. The number of aryl methyl sites for hydroxylation is 1. The number of ketones is 1. The SMILES string of the molecule is Nc1ccc(CCC(=O)C=O)c(F)c1. The third-order valence-corrected chi connectivity index (χ3v) is 1.85. The number of hydrogen-bond acceptors (Lipinski definition) is 3. The highest BCUT2D eigenvalue weighted by Gasteiger charge is 2.05. The molecule has 0 aromatic heterocycles. The van der Waals surface area contributed by atoms with Crippen LogP contribution in [0.1, 0.15) is 12.0 Å². The van der Waals surface area contributed by atoms with Gasteiger partial charge in [0.2, 0.25) is 0 Å². The van der Waals surface area contributed by atoms with E-state index >= 15 is 0 Å². The summed E-state index contributed by atoms with van der Waals surface area (Å²) in [6.07, 6.45) is 0.503. The molecular formula is C10H10FNO2. The lowest BCUT2D eigenvalue weighted by atomic mass is 10.1. The molecule has 0 heterocycles. The number of nitrogen functional groups attached to an aromatic ring is 1. The summed E-state index contributed by atoms with van der Waals surface area (Å²) < 4.78 is 13.1. The van der Waals surface area contributed by atoms with Crippen LogP contribution in [0.15, 0.2) is 18.2 Å². The number of nitrogens with two attached hydrogens (primary N) is 1. The van der Waals surface area contributed by atoms with Crippen molar-refractivity contribution in [3.63, 3.8) is 0 Å². The van der Waals surface area contributed by atoms with E-state index in [-0.39, 0.29) is 19.1 Å². The van der Waals surface area contributed by atoms with E-state index in [1.807, 2.05) is 0 Å². The Labute approximate surface area is 80.7 Å². The molecule has 0 spiro atoms. The van der Waals surface area contributed by atoms with Crippen molar-refractivity contribution >= 4 is 17.8 Å². The topological polar surface area (TPSA) is 60.2 Å². The molecule has 0 unspecified atom stereocenters. The van der Waals surface area contributed by atoms with Crippen LogP contribution in [-0.2, 0) is 16.0 Å². The number of hydrogen-bond donors (Lipinski definition) is 1. The largest absolute Gasteiger partial charge is 0.399 e. The van der Waals surface area contributed by atoms with E-state index in [1.54, 1.807) is 6.07 Å². The molecule has 0 bridgehead atoms. The molecule has 0 saturated carbocycles. The van der Waals surface area contributed by atoms with Crippen LogP contribution in [0.25, 0.3) is 0 Å². The molecule has 14 heavy (non-hydrogen) atoms. The standard InChI is InChI=1S/C10H10FNO2/c11-10-5-8(12)3-1-7(10)2-4-9(14)6-13/h1,3,5-6H,2,4,12H2. The molecule has 0 atom stereocenters. The number of Topliss-reactive ketones (excluding diaryl/α,β-unsaturated/α-hetero) is 1. The van der Waals surface area contributed by atoms with Crippen LogP contribution in [0.2, 0.25) is 0 Å². The maximum atomic E-state index is 13.1. The lowest BCUT2D eigenvalue weighted by Crippen LogP contribution is -2.02. The monoisotopic (exact) mass is 195 g/mol. The second kappa shape index (κ2) is 4.50. The minimum atomic E-state index is -0.527. The number of rotatable bonds is 4. The summed E-state index contributed by atoms with van der Waals surface area (Å²) in [6.45, 7) is 0. The third kappa shape index (κ3) is 2.65. The van der Waals surface area contributed by atoms with Crippen molar-refractivity contribution in [3.8, 4) is 0 Å². The molecule has 0 aliphatic heterocycles. The summed E-state index contributed by atoms with van der Waals surface area (Å²) >= 11 is 0. The molecule has 3 nitrogen and oxygen atoms in total. The third-order valence-electron chi connectivity index (χ3n) is 1.85. The van der Waals surface area contributed by atoms with Gasteiger partial charge in [-0.1, -0.05) is 6.07 Å². The van der Waals surface area contributed by atoms with Crippen LogP contribution in [0.4, 0.5) is 10.1 Å². The van der Waals surface area contributed by atoms with E-state index in [9.17, 15) is 14.0 Å². The zero-order valence-corrected chi connectivity index (χ0v) is 7.50. The van der Waals surface area contributed by atoms with Gasteiger partial charge >= 0.3 is 0 Å². The highest BCUT2D eigenvalue weighted by Crippen LogP contribution is 2.13. The Morgan fingerprint density at radius 3 is 2.79 bits per heavy atom. The molecule has 0 aliphatic rings. The predicted octanol–water partition coefficient (Wildman–Crippen LogP) is 1.11. The lowest BCUT2D eigenvalue weighted by molar-refractivity contribution is -0.129. The molecule has 0 aliphatic carbocycles. The first-order chi connectivity index (χ1) is 6.63. The molecule has 0 saturated heterocycles. The van der Waals surface area contributed by atoms with Gasteiger partial charge in [-0.25, -0.2) is 4.39 Å². The normalized spacial score (nSPS) is 9.79. The summed E-state index contributed by atoms with van der Waals surface area (Å²) in [6, 6.07) is 4.27. The van der Waals surface area contributed by atoms with Crippen molar-refractivity contribution in [2.24, 2.45) is 0 Å². The quantitative estimate of drug-likeness (QED) is 0.444. The lowest BCUT2D eigenvalue weighted by Gasteiger charge is -2.01. The fraction of sp³-hybridized carbons (Fsp3) is 0.200. The van der Waals surface area contributed by atoms with Gasteiger partial charge in [0.25, 0.3) is 0 Å². The highest BCUT2D eigenvalue weighted by molar-refractivity contribution is 6.24. The van der Waals surface area contributed by atoms with E-state index < -0.39 is 11.6 Å². The zero-order chi connectivity index (χ0) is 10.6. The van der Waals surface area contributed by atoms with Gasteiger partial charge in [-0.2, -0.15) is 0 Å². The Morgan fingerprint density at radius 1 is 1.50 bits per heavy atom. The van der Waals surface area contributed by atoms with Crippen molar-refractivity contribution in [2.75, 3.05) is 5.73 Å².